The summed E-state index contributed by atoms with van der Waals surface area (Å²) < 4.78 is 6.16. The first-order chi connectivity index (χ1) is 15.1. The Morgan fingerprint density at radius 2 is 1.65 bits per heavy atom. The van der Waals surface area contributed by atoms with E-state index in [4.69, 9.17) is 9.40 Å². The summed E-state index contributed by atoms with van der Waals surface area (Å²) in [6.07, 6.45) is 3.23. The van der Waals surface area contributed by atoms with E-state index in [1.54, 1.807) is 0 Å². The molecule has 1 saturated heterocycles. The third-order valence-electron chi connectivity index (χ3n) is 6.10. The van der Waals surface area contributed by atoms with Crippen LogP contribution in [0.15, 0.2) is 65.1 Å². The van der Waals surface area contributed by atoms with Gasteiger partial charge >= 0.3 is 0 Å². The second-order valence-electron chi connectivity index (χ2n) is 8.54. The SMILES string of the molecule is CN1CCC(CN(C)C(=O)CCc2nc(-c3ccccc3)c(-c3ccccc3)o2)CC1. The van der Waals surface area contributed by atoms with Crippen molar-refractivity contribution in [1.82, 2.24) is 14.8 Å². The molecule has 0 bridgehead atoms. The number of benzene rings is 2. The highest BCUT2D eigenvalue weighted by atomic mass is 16.4. The van der Waals surface area contributed by atoms with Crippen LogP contribution in [-0.2, 0) is 11.2 Å². The van der Waals surface area contributed by atoms with Crippen LogP contribution < -0.4 is 0 Å². The number of aromatic nitrogens is 1. The van der Waals surface area contributed by atoms with E-state index in [0.29, 0.717) is 24.7 Å². The van der Waals surface area contributed by atoms with Crippen LogP contribution in [0.3, 0.4) is 0 Å². The zero-order valence-electron chi connectivity index (χ0n) is 18.5. The molecule has 0 atom stereocenters. The lowest BCUT2D eigenvalue weighted by atomic mass is 9.96. The minimum absolute atomic E-state index is 0.152. The van der Waals surface area contributed by atoms with E-state index in [0.717, 1.165) is 55.1 Å². The van der Waals surface area contributed by atoms with Gasteiger partial charge in [-0.25, -0.2) is 4.98 Å². The maximum absolute atomic E-state index is 12.7. The number of aryl methyl sites for hydroxylation is 1. The standard InChI is InChI=1S/C26H31N3O2/c1-28-17-15-20(16-18-28)19-29(2)24(30)14-13-23-27-25(21-9-5-3-6-10-21)26(31-23)22-11-7-4-8-12-22/h3-12,20H,13-19H2,1-2H3. The van der Waals surface area contributed by atoms with E-state index < -0.39 is 0 Å². The second kappa shape index (κ2) is 9.92. The van der Waals surface area contributed by atoms with Crippen LogP contribution >= 0.6 is 0 Å². The van der Waals surface area contributed by atoms with Gasteiger partial charge in [0.05, 0.1) is 0 Å². The molecule has 3 aromatic rings. The van der Waals surface area contributed by atoms with Crippen LogP contribution in [0.5, 0.6) is 0 Å². The Balaban J connectivity index is 1.44. The Kier molecular flexibility index (Phi) is 6.82. The van der Waals surface area contributed by atoms with Crippen LogP contribution in [0, 0.1) is 5.92 Å². The van der Waals surface area contributed by atoms with Gasteiger partial charge in [0.1, 0.15) is 5.69 Å². The molecule has 2 aromatic carbocycles. The highest BCUT2D eigenvalue weighted by Crippen LogP contribution is 2.32. The van der Waals surface area contributed by atoms with E-state index in [1.165, 1.54) is 0 Å². The molecule has 0 aliphatic carbocycles. The molecule has 1 amide bonds. The van der Waals surface area contributed by atoms with Crippen LogP contribution in [0.25, 0.3) is 22.6 Å². The predicted octanol–water partition coefficient (Wildman–Crippen LogP) is 4.74. The average Bonchev–Trinajstić information content (AvgIpc) is 3.24. The van der Waals surface area contributed by atoms with Gasteiger partial charge in [-0.05, 0) is 38.9 Å². The van der Waals surface area contributed by atoms with Crippen molar-refractivity contribution in [2.24, 2.45) is 5.92 Å². The average molecular weight is 418 g/mol. The van der Waals surface area contributed by atoms with Gasteiger partial charge in [-0.1, -0.05) is 60.7 Å². The van der Waals surface area contributed by atoms with Crippen molar-refractivity contribution in [1.29, 1.82) is 0 Å². The summed E-state index contributed by atoms with van der Waals surface area (Å²) in [6.45, 7) is 3.07. The molecule has 1 aromatic heterocycles. The summed E-state index contributed by atoms with van der Waals surface area (Å²) in [6, 6.07) is 20.1. The number of rotatable bonds is 7. The third kappa shape index (κ3) is 5.42. The molecule has 5 nitrogen and oxygen atoms in total. The van der Waals surface area contributed by atoms with E-state index in [2.05, 4.69) is 11.9 Å². The minimum atomic E-state index is 0.152. The normalized spacial score (nSPS) is 15.2. The van der Waals surface area contributed by atoms with E-state index in [1.807, 2.05) is 72.6 Å². The van der Waals surface area contributed by atoms with Crippen molar-refractivity contribution in [3.05, 3.63) is 66.6 Å². The molecule has 2 heterocycles. The monoisotopic (exact) mass is 417 g/mol. The molecule has 0 radical (unpaired) electrons. The molecule has 1 aliphatic heterocycles. The Labute approximate surface area is 184 Å². The first-order valence-corrected chi connectivity index (χ1v) is 11.1. The highest BCUT2D eigenvalue weighted by Gasteiger charge is 2.21. The molecule has 162 valence electrons. The number of likely N-dealkylation sites (tertiary alicyclic amines) is 1. The number of oxazole rings is 1. The van der Waals surface area contributed by atoms with Gasteiger partial charge in [0.25, 0.3) is 0 Å². The molecule has 5 heteroatoms. The molecule has 1 aliphatic rings. The third-order valence-corrected chi connectivity index (χ3v) is 6.10. The van der Waals surface area contributed by atoms with E-state index in [-0.39, 0.29) is 5.91 Å². The molecule has 0 saturated carbocycles. The molecule has 0 unspecified atom stereocenters. The first kappa shape index (κ1) is 21.3. The zero-order valence-corrected chi connectivity index (χ0v) is 18.5. The molecule has 4 rings (SSSR count). The molecular formula is C26H31N3O2. The van der Waals surface area contributed by atoms with Gasteiger partial charge in [-0.2, -0.15) is 0 Å². The number of hydrogen-bond acceptors (Lipinski definition) is 4. The van der Waals surface area contributed by atoms with Gasteiger partial charge in [-0.3, -0.25) is 4.79 Å². The quantitative estimate of drug-likeness (QED) is 0.557. The van der Waals surface area contributed by atoms with Gasteiger partial charge in [-0.15, -0.1) is 0 Å². The van der Waals surface area contributed by atoms with Crippen molar-refractivity contribution >= 4 is 5.91 Å². The van der Waals surface area contributed by atoms with E-state index in [9.17, 15) is 4.79 Å². The molecule has 0 spiro atoms. The minimum Gasteiger partial charge on any atom is -0.440 e. The number of amides is 1. The van der Waals surface area contributed by atoms with Crippen molar-refractivity contribution < 1.29 is 9.21 Å². The summed E-state index contributed by atoms with van der Waals surface area (Å²) >= 11 is 0. The summed E-state index contributed by atoms with van der Waals surface area (Å²) in [4.78, 5) is 21.7. The fourth-order valence-corrected chi connectivity index (χ4v) is 4.19. The van der Waals surface area contributed by atoms with Gasteiger partial charge in [0.15, 0.2) is 11.7 Å². The smallest absolute Gasteiger partial charge is 0.222 e. The van der Waals surface area contributed by atoms with Crippen molar-refractivity contribution in [3.63, 3.8) is 0 Å². The van der Waals surface area contributed by atoms with E-state index >= 15 is 0 Å². The largest absolute Gasteiger partial charge is 0.440 e. The van der Waals surface area contributed by atoms with Crippen molar-refractivity contribution in [3.8, 4) is 22.6 Å². The molecular weight excluding hydrogens is 386 g/mol. The Morgan fingerprint density at radius 3 is 2.29 bits per heavy atom. The highest BCUT2D eigenvalue weighted by molar-refractivity contribution is 5.77. The zero-order chi connectivity index (χ0) is 21.6. The lowest BCUT2D eigenvalue weighted by molar-refractivity contribution is -0.130. The summed E-state index contributed by atoms with van der Waals surface area (Å²) in [5.41, 5.74) is 2.84. The summed E-state index contributed by atoms with van der Waals surface area (Å²) in [5, 5.41) is 0. The Morgan fingerprint density at radius 1 is 1.03 bits per heavy atom. The lowest BCUT2D eigenvalue weighted by Gasteiger charge is -2.31. The first-order valence-electron chi connectivity index (χ1n) is 11.1. The number of hydrogen-bond donors (Lipinski definition) is 0. The van der Waals surface area contributed by atoms with Crippen LogP contribution in [0.2, 0.25) is 0 Å². The fraction of sp³-hybridized carbons (Fsp3) is 0.385. The van der Waals surface area contributed by atoms with Crippen LogP contribution in [-0.4, -0.2) is 54.4 Å². The predicted molar refractivity (Wildman–Crippen MR) is 124 cm³/mol. The van der Waals surface area contributed by atoms with Gasteiger partial charge in [0, 0.05) is 37.6 Å². The Hall–Kier alpha value is -2.92. The Bertz CT molecular complexity index is 919. The molecule has 1 fully saturated rings. The maximum atomic E-state index is 12.7. The number of carbonyl (C=O) groups excluding carboxylic acids is 1. The second-order valence-corrected chi connectivity index (χ2v) is 8.54. The fourth-order valence-electron chi connectivity index (χ4n) is 4.19. The van der Waals surface area contributed by atoms with Gasteiger partial charge < -0.3 is 14.2 Å². The summed E-state index contributed by atoms with van der Waals surface area (Å²) in [5.74, 6) is 2.12. The van der Waals surface area contributed by atoms with Crippen LogP contribution in [0.1, 0.15) is 25.2 Å². The van der Waals surface area contributed by atoms with Gasteiger partial charge in [0.2, 0.25) is 5.91 Å². The van der Waals surface area contributed by atoms with Crippen molar-refractivity contribution in [2.75, 3.05) is 33.7 Å². The molecule has 0 N–H and O–H groups in total. The number of piperidine rings is 1. The maximum Gasteiger partial charge on any atom is 0.222 e. The van der Waals surface area contributed by atoms with Crippen LogP contribution in [0.4, 0.5) is 0 Å². The topological polar surface area (TPSA) is 49.6 Å². The van der Waals surface area contributed by atoms with Crippen molar-refractivity contribution in [2.45, 2.75) is 25.7 Å². The number of carbonyl (C=O) groups is 1. The molecule has 31 heavy (non-hydrogen) atoms. The number of nitrogens with zero attached hydrogens (tertiary/aromatic N) is 3. The summed E-state index contributed by atoms with van der Waals surface area (Å²) in [7, 11) is 4.08. The lowest BCUT2D eigenvalue weighted by Crippen LogP contribution is -2.38.